The van der Waals surface area contributed by atoms with E-state index in [0.29, 0.717) is 21.7 Å². The Kier molecular flexibility index (Phi) is 4.54. The Bertz CT molecular complexity index is 686. The highest BCUT2D eigenvalue weighted by molar-refractivity contribution is 5.20. The first kappa shape index (κ1) is 20.6. The van der Waals surface area contributed by atoms with Gasteiger partial charge in [0.2, 0.25) is 0 Å². The van der Waals surface area contributed by atoms with E-state index < -0.39 is 0 Å². The average molecular weight is 397 g/mol. The van der Waals surface area contributed by atoms with E-state index in [-0.39, 0.29) is 0 Å². The van der Waals surface area contributed by atoms with Gasteiger partial charge in [0, 0.05) is 0 Å². The molecule has 164 valence electrons. The van der Waals surface area contributed by atoms with Crippen LogP contribution in [0, 0.1) is 57.2 Å². The molecule has 0 aromatic rings. The summed E-state index contributed by atoms with van der Waals surface area (Å²) in [5, 5.41) is 0. The molecule has 5 rings (SSSR count). The molecule has 0 aliphatic heterocycles. The first-order chi connectivity index (χ1) is 13.6. The first-order valence-electron chi connectivity index (χ1n) is 13.2. The summed E-state index contributed by atoms with van der Waals surface area (Å²) < 4.78 is 0. The predicted molar refractivity (Wildman–Crippen MR) is 125 cm³/mol. The summed E-state index contributed by atoms with van der Waals surface area (Å²) in [6.07, 6.45) is 16.4. The molecular formula is C29H48. The molecular weight excluding hydrogens is 348 g/mol. The van der Waals surface area contributed by atoms with Crippen molar-refractivity contribution in [2.45, 2.75) is 112 Å². The van der Waals surface area contributed by atoms with Gasteiger partial charge in [-0.3, -0.25) is 0 Å². The van der Waals surface area contributed by atoms with Crippen molar-refractivity contribution in [2.75, 3.05) is 0 Å². The van der Waals surface area contributed by atoms with Crippen LogP contribution >= 0.6 is 0 Å². The number of fused-ring (bicyclic) bond motifs is 7. The van der Waals surface area contributed by atoms with Crippen LogP contribution in [0.4, 0.5) is 0 Å². The predicted octanol–water partition coefficient (Wildman–Crippen LogP) is 8.66. The normalized spacial score (nSPS) is 55.9. The van der Waals surface area contributed by atoms with E-state index in [4.69, 9.17) is 0 Å². The summed E-state index contributed by atoms with van der Waals surface area (Å²) in [7, 11) is 0. The first-order valence-corrected chi connectivity index (χ1v) is 13.2. The van der Waals surface area contributed by atoms with Crippen molar-refractivity contribution in [1.82, 2.24) is 0 Å². The summed E-state index contributed by atoms with van der Waals surface area (Å²) in [5.74, 6) is 5.77. The van der Waals surface area contributed by atoms with Crippen molar-refractivity contribution in [2.24, 2.45) is 57.2 Å². The van der Waals surface area contributed by atoms with E-state index >= 15 is 0 Å². The van der Waals surface area contributed by atoms with Gasteiger partial charge in [-0.1, -0.05) is 53.2 Å². The SMILES string of the molecule is C=C(C)C12CCCC1C1CCC3C(C)(CCC4C(C)(C)C(C)CCC43C)C1CC2. The van der Waals surface area contributed by atoms with Crippen LogP contribution in [0.25, 0.3) is 0 Å². The molecule has 0 saturated heterocycles. The second kappa shape index (κ2) is 6.38. The molecule has 5 saturated carbocycles. The van der Waals surface area contributed by atoms with E-state index in [1.807, 2.05) is 0 Å². The standard InChI is InChI=1S/C29H48/c1-19(2)29-15-8-9-23(29)21-10-11-25-27(6,22(21)13-18-29)17-14-24-26(4,5)20(3)12-16-28(24,25)7/h20-25H,1,8-18H2,2-7H3. The minimum Gasteiger partial charge on any atom is -0.0996 e. The van der Waals surface area contributed by atoms with Gasteiger partial charge in [0.15, 0.2) is 0 Å². The van der Waals surface area contributed by atoms with Gasteiger partial charge < -0.3 is 0 Å². The second-order valence-corrected chi connectivity index (χ2v) is 13.7. The third-order valence-corrected chi connectivity index (χ3v) is 12.9. The molecule has 0 spiro atoms. The molecule has 0 heterocycles. The molecule has 0 aromatic carbocycles. The maximum absolute atomic E-state index is 4.54. The molecule has 5 fully saturated rings. The van der Waals surface area contributed by atoms with Crippen molar-refractivity contribution in [1.29, 1.82) is 0 Å². The Morgan fingerprint density at radius 1 is 0.724 bits per heavy atom. The Morgan fingerprint density at radius 3 is 2.17 bits per heavy atom. The van der Waals surface area contributed by atoms with Crippen LogP contribution in [0.15, 0.2) is 12.2 Å². The highest BCUT2D eigenvalue weighted by atomic mass is 14.7. The Labute approximate surface area is 181 Å². The van der Waals surface area contributed by atoms with Gasteiger partial charge in [0.1, 0.15) is 0 Å². The van der Waals surface area contributed by atoms with Crippen LogP contribution in [0.1, 0.15) is 112 Å². The lowest BCUT2D eigenvalue weighted by Crippen LogP contribution is -2.62. The third kappa shape index (κ3) is 2.50. The van der Waals surface area contributed by atoms with Gasteiger partial charge in [0.05, 0.1) is 0 Å². The summed E-state index contributed by atoms with van der Waals surface area (Å²) in [4.78, 5) is 0. The van der Waals surface area contributed by atoms with Crippen LogP contribution in [0.2, 0.25) is 0 Å². The highest BCUT2D eigenvalue weighted by Crippen LogP contribution is 2.73. The van der Waals surface area contributed by atoms with Gasteiger partial charge in [-0.25, -0.2) is 0 Å². The lowest BCUT2D eigenvalue weighted by molar-refractivity contribution is -0.202. The molecule has 0 radical (unpaired) electrons. The van der Waals surface area contributed by atoms with E-state index in [9.17, 15) is 0 Å². The second-order valence-electron chi connectivity index (χ2n) is 13.7. The zero-order chi connectivity index (χ0) is 20.8. The molecule has 0 amide bonds. The maximum Gasteiger partial charge on any atom is -0.00624 e. The largest absolute Gasteiger partial charge is 0.0996 e. The molecule has 0 aromatic heterocycles. The topological polar surface area (TPSA) is 0 Å². The van der Waals surface area contributed by atoms with Crippen molar-refractivity contribution >= 4 is 0 Å². The molecule has 5 aliphatic carbocycles. The van der Waals surface area contributed by atoms with E-state index in [1.165, 1.54) is 76.2 Å². The fourth-order valence-corrected chi connectivity index (χ4v) is 11.1. The zero-order valence-corrected chi connectivity index (χ0v) is 20.4. The van der Waals surface area contributed by atoms with Gasteiger partial charge in [-0.2, -0.15) is 0 Å². The maximum atomic E-state index is 4.54. The fourth-order valence-electron chi connectivity index (χ4n) is 11.1. The summed E-state index contributed by atoms with van der Waals surface area (Å²) in [6, 6.07) is 0. The molecule has 0 bridgehead atoms. The van der Waals surface area contributed by atoms with E-state index in [1.54, 1.807) is 0 Å². The minimum absolute atomic E-state index is 0.522. The number of allylic oxidation sites excluding steroid dienone is 1. The quantitative estimate of drug-likeness (QED) is 0.389. The molecule has 0 nitrogen and oxygen atoms in total. The van der Waals surface area contributed by atoms with E-state index in [2.05, 4.69) is 48.1 Å². The Morgan fingerprint density at radius 2 is 1.45 bits per heavy atom. The number of hydrogen-bond donors (Lipinski definition) is 0. The summed E-state index contributed by atoms with van der Waals surface area (Å²) in [6.45, 7) is 20.2. The van der Waals surface area contributed by atoms with E-state index in [0.717, 1.165) is 35.5 Å². The van der Waals surface area contributed by atoms with Crippen LogP contribution in [0.5, 0.6) is 0 Å². The average Bonchev–Trinajstić information content (AvgIpc) is 3.11. The van der Waals surface area contributed by atoms with Crippen LogP contribution in [-0.4, -0.2) is 0 Å². The van der Waals surface area contributed by atoms with Gasteiger partial charge >= 0.3 is 0 Å². The zero-order valence-electron chi connectivity index (χ0n) is 20.4. The van der Waals surface area contributed by atoms with Crippen molar-refractivity contribution < 1.29 is 0 Å². The number of hydrogen-bond acceptors (Lipinski definition) is 0. The van der Waals surface area contributed by atoms with Crippen molar-refractivity contribution in [3.8, 4) is 0 Å². The molecule has 0 heteroatoms. The van der Waals surface area contributed by atoms with Gasteiger partial charge in [0.25, 0.3) is 0 Å². The Hall–Kier alpha value is -0.260. The molecule has 5 aliphatic rings. The fraction of sp³-hybridized carbons (Fsp3) is 0.931. The monoisotopic (exact) mass is 396 g/mol. The highest BCUT2D eigenvalue weighted by Gasteiger charge is 2.65. The van der Waals surface area contributed by atoms with Crippen LogP contribution in [0.3, 0.4) is 0 Å². The number of rotatable bonds is 1. The van der Waals surface area contributed by atoms with Crippen LogP contribution in [-0.2, 0) is 0 Å². The third-order valence-electron chi connectivity index (χ3n) is 12.9. The molecule has 0 N–H and O–H groups in total. The van der Waals surface area contributed by atoms with Crippen LogP contribution < -0.4 is 0 Å². The molecule has 9 unspecified atom stereocenters. The van der Waals surface area contributed by atoms with Crippen molar-refractivity contribution in [3.63, 3.8) is 0 Å². The smallest absolute Gasteiger partial charge is 0.00624 e. The van der Waals surface area contributed by atoms with Gasteiger partial charge in [-0.05, 0) is 128 Å². The lowest BCUT2D eigenvalue weighted by atomic mass is 9.35. The summed E-state index contributed by atoms with van der Waals surface area (Å²) >= 11 is 0. The van der Waals surface area contributed by atoms with Crippen molar-refractivity contribution in [3.05, 3.63) is 12.2 Å². The lowest BCUT2D eigenvalue weighted by Gasteiger charge is -2.69. The van der Waals surface area contributed by atoms with Gasteiger partial charge in [-0.15, -0.1) is 0 Å². The summed E-state index contributed by atoms with van der Waals surface area (Å²) in [5.41, 5.74) is 3.78. The molecule has 29 heavy (non-hydrogen) atoms. The minimum atomic E-state index is 0.522. The Balaban J connectivity index is 1.48. The molecule has 9 atom stereocenters.